The van der Waals surface area contributed by atoms with Gasteiger partial charge in [-0.15, -0.1) is 21.5 Å². The van der Waals surface area contributed by atoms with Crippen molar-refractivity contribution in [2.45, 2.75) is 51.6 Å². The molecule has 0 aliphatic carbocycles. The van der Waals surface area contributed by atoms with Crippen molar-refractivity contribution in [1.29, 1.82) is 5.26 Å². The molecule has 8 rings (SSSR count). The molecule has 1 amide bonds. The fourth-order valence-corrected chi connectivity index (χ4v) is 9.31. The molecule has 1 atom stereocenters. The Hall–Kier alpha value is -7.03. The van der Waals surface area contributed by atoms with Gasteiger partial charge in [-0.3, -0.25) is 23.9 Å². The van der Waals surface area contributed by atoms with E-state index in [9.17, 15) is 23.3 Å². The van der Waals surface area contributed by atoms with Gasteiger partial charge in [0.15, 0.2) is 5.82 Å². The standard InChI is InChI=1S/C42H36N10O5S2/c1-22-6-15-32(38-35(22)29(17-43)19-44-38)51-59(55,56)31-13-7-26(8-14-31)18-47-41(54)39-45-20-30(21-46-39)27-9-11-28(12-10-27)37-36-23(2)24(3)58-42(36)52-25(4)49-50-40(52)33(48-37)16-34(53)57-5/h6-15,19-21,33,44,51H,16,18H2,1-5H3,(H,47,54)/t33-/m0/s1. The molecule has 0 unspecified atom stereocenters. The van der Waals surface area contributed by atoms with E-state index >= 15 is 0 Å². The van der Waals surface area contributed by atoms with Crippen LogP contribution in [-0.4, -0.2) is 62.8 Å². The number of esters is 1. The summed E-state index contributed by atoms with van der Waals surface area (Å²) in [5.41, 5.74) is 7.94. The predicted octanol–water partition coefficient (Wildman–Crippen LogP) is 6.56. The topological polar surface area (TPSA) is 210 Å². The van der Waals surface area contributed by atoms with Crippen molar-refractivity contribution in [2.75, 3.05) is 11.8 Å². The van der Waals surface area contributed by atoms with Gasteiger partial charge >= 0.3 is 5.97 Å². The maximum atomic E-state index is 13.3. The van der Waals surface area contributed by atoms with Gasteiger partial charge in [0.1, 0.15) is 22.9 Å². The normalized spacial score (nSPS) is 13.5. The second-order valence-electron chi connectivity index (χ2n) is 14.0. The van der Waals surface area contributed by atoms with Crippen LogP contribution in [0, 0.1) is 39.0 Å². The lowest BCUT2D eigenvalue weighted by molar-refractivity contribution is -0.141. The molecule has 4 aromatic heterocycles. The number of carbonyl (C=O) groups excluding carboxylic acids is 2. The van der Waals surface area contributed by atoms with Gasteiger partial charge in [0, 0.05) is 52.1 Å². The van der Waals surface area contributed by atoms with Crippen LogP contribution >= 0.6 is 11.3 Å². The molecular weight excluding hydrogens is 789 g/mol. The van der Waals surface area contributed by atoms with Crippen molar-refractivity contribution in [1.82, 2.24) is 35.0 Å². The van der Waals surface area contributed by atoms with Crippen LogP contribution in [0.25, 0.3) is 27.0 Å². The predicted molar refractivity (Wildman–Crippen MR) is 222 cm³/mol. The summed E-state index contributed by atoms with van der Waals surface area (Å²) in [6, 6.07) is 18.8. The van der Waals surface area contributed by atoms with E-state index in [2.05, 4.69) is 55.1 Å². The van der Waals surface area contributed by atoms with Gasteiger partial charge in [0.25, 0.3) is 15.9 Å². The summed E-state index contributed by atoms with van der Waals surface area (Å²) in [6.45, 7) is 7.98. The van der Waals surface area contributed by atoms with Crippen molar-refractivity contribution < 1.29 is 22.7 Å². The zero-order valence-corrected chi connectivity index (χ0v) is 34.1. The quantitative estimate of drug-likeness (QED) is 0.127. The van der Waals surface area contributed by atoms with Crippen LogP contribution in [0.2, 0.25) is 0 Å². The van der Waals surface area contributed by atoms with E-state index in [1.54, 1.807) is 54.2 Å². The van der Waals surface area contributed by atoms with Crippen molar-refractivity contribution in [3.8, 4) is 22.2 Å². The molecule has 296 valence electrons. The number of nitriles is 1. The summed E-state index contributed by atoms with van der Waals surface area (Å²) in [5, 5.41) is 22.6. The lowest BCUT2D eigenvalue weighted by Gasteiger charge is -2.12. The number of methoxy groups -OCH3 is 1. The van der Waals surface area contributed by atoms with Crippen LogP contribution in [0.5, 0.6) is 0 Å². The fraction of sp³-hybridized carbons (Fsp3) is 0.190. The molecule has 17 heteroatoms. The number of carbonyl (C=O) groups is 2. The monoisotopic (exact) mass is 824 g/mol. The average Bonchev–Trinajstić information content (AvgIpc) is 3.92. The first-order valence-corrected chi connectivity index (χ1v) is 20.7. The number of benzene rings is 3. The van der Waals surface area contributed by atoms with Crippen LogP contribution in [0.1, 0.15) is 73.0 Å². The molecule has 1 aliphatic rings. The highest BCUT2D eigenvalue weighted by Crippen LogP contribution is 2.40. The minimum Gasteiger partial charge on any atom is -0.469 e. The summed E-state index contributed by atoms with van der Waals surface area (Å²) < 4.78 is 36.1. The molecule has 3 aromatic carbocycles. The van der Waals surface area contributed by atoms with Gasteiger partial charge in [0.2, 0.25) is 5.82 Å². The first-order valence-electron chi connectivity index (χ1n) is 18.4. The maximum absolute atomic E-state index is 13.3. The number of rotatable bonds is 10. The second kappa shape index (κ2) is 15.4. The highest BCUT2D eigenvalue weighted by molar-refractivity contribution is 7.92. The van der Waals surface area contributed by atoms with Gasteiger partial charge < -0.3 is 15.0 Å². The highest BCUT2D eigenvalue weighted by Gasteiger charge is 2.32. The summed E-state index contributed by atoms with van der Waals surface area (Å²) >= 11 is 1.63. The van der Waals surface area contributed by atoms with Gasteiger partial charge in [-0.2, -0.15) is 5.26 Å². The van der Waals surface area contributed by atoms with E-state index < -0.39 is 27.9 Å². The number of amides is 1. The van der Waals surface area contributed by atoms with Gasteiger partial charge in [-0.1, -0.05) is 42.5 Å². The third-order valence-corrected chi connectivity index (χ3v) is 12.8. The Kier molecular flexibility index (Phi) is 10.1. The molecule has 0 bridgehead atoms. The Labute approximate surface area is 342 Å². The number of nitrogens with one attached hydrogen (secondary N) is 3. The van der Waals surface area contributed by atoms with Gasteiger partial charge in [0.05, 0.1) is 40.9 Å². The van der Waals surface area contributed by atoms with Crippen LogP contribution in [0.15, 0.2) is 89.1 Å². The van der Waals surface area contributed by atoms with Crippen LogP contribution in [-0.2, 0) is 26.1 Å². The number of fused-ring (bicyclic) bond motifs is 4. The van der Waals surface area contributed by atoms with E-state index in [0.717, 1.165) is 43.4 Å². The number of thiophene rings is 1. The number of nitrogens with zero attached hydrogens (tertiary/aromatic N) is 7. The molecule has 3 N–H and O–H groups in total. The maximum Gasteiger partial charge on any atom is 0.308 e. The number of ether oxygens (including phenoxy) is 1. The molecule has 0 fully saturated rings. The number of aromatic amines is 1. The van der Waals surface area contributed by atoms with E-state index in [0.29, 0.717) is 44.9 Å². The number of sulfonamides is 1. The molecule has 59 heavy (non-hydrogen) atoms. The summed E-state index contributed by atoms with van der Waals surface area (Å²) in [7, 11) is -2.61. The molecule has 0 saturated heterocycles. The third kappa shape index (κ3) is 7.24. The van der Waals surface area contributed by atoms with E-state index in [1.807, 2.05) is 42.7 Å². The smallest absolute Gasteiger partial charge is 0.308 e. The molecule has 5 heterocycles. The largest absolute Gasteiger partial charge is 0.469 e. The number of H-pyrrole nitrogens is 1. The molecule has 0 radical (unpaired) electrons. The molecule has 7 aromatic rings. The van der Waals surface area contributed by atoms with Crippen LogP contribution in [0.4, 0.5) is 5.69 Å². The minimum absolute atomic E-state index is 0.00837. The highest BCUT2D eigenvalue weighted by atomic mass is 32.2. The van der Waals surface area contributed by atoms with E-state index in [-0.39, 0.29) is 23.7 Å². The first-order chi connectivity index (χ1) is 28.4. The van der Waals surface area contributed by atoms with E-state index in [4.69, 9.17) is 9.73 Å². The Morgan fingerprint density at radius 2 is 1.66 bits per heavy atom. The van der Waals surface area contributed by atoms with Crippen molar-refractivity contribution in [3.05, 3.63) is 135 Å². The second-order valence-corrected chi connectivity index (χ2v) is 16.9. The van der Waals surface area contributed by atoms with Gasteiger partial charge in [-0.25, -0.2) is 18.4 Å². The number of aromatic nitrogens is 6. The summed E-state index contributed by atoms with van der Waals surface area (Å²) in [6.07, 6.45) is 4.71. The average molecular weight is 825 g/mol. The lowest BCUT2D eigenvalue weighted by atomic mass is 9.97. The van der Waals surface area contributed by atoms with Gasteiger partial charge in [-0.05, 0) is 68.1 Å². The Bertz CT molecular complexity index is 2980. The Morgan fingerprint density at radius 1 is 0.949 bits per heavy atom. The van der Waals surface area contributed by atoms with Crippen LogP contribution < -0.4 is 10.0 Å². The first kappa shape index (κ1) is 38.8. The molecule has 0 spiro atoms. The van der Waals surface area contributed by atoms with Crippen LogP contribution in [0.3, 0.4) is 0 Å². The third-order valence-electron chi connectivity index (χ3n) is 10.3. The summed E-state index contributed by atoms with van der Waals surface area (Å²) in [4.78, 5) is 43.4. The number of aliphatic imine (C=N–C) groups is 1. The SMILES string of the molecule is COC(=O)C[C@@H]1N=C(c2ccc(-c3cnc(C(=O)NCc4ccc(S(=O)(=O)Nc5ccc(C)c6c(C#N)c[nH]c56)cc4)nc3)cc2)c2c(sc(C)c2C)-n2c(C)nnc21. The van der Waals surface area contributed by atoms with Crippen molar-refractivity contribution >= 4 is 55.5 Å². The minimum atomic E-state index is -3.96. The number of aryl methyl sites for hydroxylation is 3. The molecule has 1 aliphatic heterocycles. The Balaban J connectivity index is 0.945. The molecule has 0 saturated carbocycles. The number of hydrogen-bond donors (Lipinski definition) is 3. The van der Waals surface area contributed by atoms with E-state index in [1.165, 1.54) is 19.2 Å². The molecule has 15 nitrogen and oxygen atoms in total. The fourth-order valence-electron chi connectivity index (χ4n) is 7.03. The van der Waals surface area contributed by atoms with Crippen molar-refractivity contribution in [3.63, 3.8) is 0 Å². The Morgan fingerprint density at radius 3 is 2.36 bits per heavy atom. The lowest BCUT2D eigenvalue weighted by Crippen LogP contribution is -2.25. The zero-order valence-electron chi connectivity index (χ0n) is 32.5. The number of anilines is 1. The number of hydrogen-bond acceptors (Lipinski definition) is 12. The summed E-state index contributed by atoms with van der Waals surface area (Å²) in [5.74, 6) is 0.362. The molecular formula is C42H36N10O5S2. The zero-order chi connectivity index (χ0) is 41.6. The van der Waals surface area contributed by atoms with Crippen molar-refractivity contribution in [2.24, 2.45) is 4.99 Å².